The van der Waals surface area contributed by atoms with Crippen molar-refractivity contribution in [1.29, 1.82) is 0 Å². The minimum Gasteiger partial charge on any atom is -0.389 e. The summed E-state index contributed by atoms with van der Waals surface area (Å²) in [5, 5.41) is 9.81. The van der Waals surface area contributed by atoms with Crippen molar-refractivity contribution >= 4 is 5.91 Å². The van der Waals surface area contributed by atoms with E-state index >= 15 is 0 Å². The normalized spacial score (nSPS) is 14.3. The van der Waals surface area contributed by atoms with E-state index in [1.165, 1.54) is 0 Å². The Morgan fingerprint density at radius 1 is 1.42 bits per heavy atom. The molecule has 2 atom stereocenters. The molecular weight excluding hydrogens is 244 g/mol. The molecule has 1 rings (SSSR count). The highest BCUT2D eigenvalue weighted by Gasteiger charge is 2.17. The molecule has 0 aliphatic rings. The summed E-state index contributed by atoms with van der Waals surface area (Å²) < 4.78 is 5.43. The molecule has 0 heterocycles. The van der Waals surface area contributed by atoms with E-state index in [2.05, 4.69) is 0 Å². The third-order valence-electron chi connectivity index (χ3n) is 2.99. The number of nitrogens with zero attached hydrogens (tertiary/aromatic N) is 1. The zero-order chi connectivity index (χ0) is 14.3. The van der Waals surface area contributed by atoms with Crippen LogP contribution in [0.1, 0.15) is 12.5 Å². The smallest absolute Gasteiger partial charge is 0.234 e. The van der Waals surface area contributed by atoms with Gasteiger partial charge >= 0.3 is 0 Å². The van der Waals surface area contributed by atoms with E-state index in [0.717, 1.165) is 5.56 Å². The van der Waals surface area contributed by atoms with Crippen LogP contribution in [0.15, 0.2) is 30.3 Å². The Labute approximate surface area is 114 Å². The molecule has 0 fully saturated rings. The third kappa shape index (κ3) is 5.83. The summed E-state index contributed by atoms with van der Waals surface area (Å²) in [4.78, 5) is 12.7. The van der Waals surface area contributed by atoms with Crippen LogP contribution in [0.2, 0.25) is 0 Å². The van der Waals surface area contributed by atoms with Crippen LogP contribution in [-0.4, -0.2) is 48.3 Å². The van der Waals surface area contributed by atoms with Crippen molar-refractivity contribution in [3.63, 3.8) is 0 Å². The number of amides is 1. The monoisotopic (exact) mass is 266 g/mol. The molecule has 1 aromatic rings. The van der Waals surface area contributed by atoms with Crippen LogP contribution in [0.25, 0.3) is 0 Å². The van der Waals surface area contributed by atoms with E-state index in [4.69, 9.17) is 10.5 Å². The van der Waals surface area contributed by atoms with Gasteiger partial charge in [0.25, 0.3) is 0 Å². The lowest BCUT2D eigenvalue weighted by Gasteiger charge is -2.24. The van der Waals surface area contributed by atoms with Crippen LogP contribution in [0.5, 0.6) is 0 Å². The minimum absolute atomic E-state index is 0.227. The molecule has 0 saturated carbocycles. The van der Waals surface area contributed by atoms with Crippen molar-refractivity contribution in [1.82, 2.24) is 4.90 Å². The Morgan fingerprint density at radius 3 is 2.63 bits per heavy atom. The Morgan fingerprint density at radius 2 is 2.05 bits per heavy atom. The Hall–Kier alpha value is -1.43. The van der Waals surface area contributed by atoms with Gasteiger partial charge in [0, 0.05) is 6.54 Å². The summed E-state index contributed by atoms with van der Waals surface area (Å²) in [6.45, 7) is 2.75. The van der Waals surface area contributed by atoms with Gasteiger partial charge < -0.3 is 15.6 Å². The van der Waals surface area contributed by atoms with E-state index in [-0.39, 0.29) is 6.61 Å². The first-order valence-electron chi connectivity index (χ1n) is 6.30. The fourth-order valence-electron chi connectivity index (χ4n) is 1.65. The fourth-order valence-corrected chi connectivity index (χ4v) is 1.65. The maximum atomic E-state index is 11.0. The first kappa shape index (κ1) is 15.6. The Kier molecular flexibility index (Phi) is 6.49. The minimum atomic E-state index is -0.643. The van der Waals surface area contributed by atoms with Crippen LogP contribution in [0, 0.1) is 0 Å². The Balaban J connectivity index is 2.24. The van der Waals surface area contributed by atoms with Crippen LogP contribution in [0.4, 0.5) is 0 Å². The van der Waals surface area contributed by atoms with Crippen molar-refractivity contribution in [2.24, 2.45) is 5.73 Å². The van der Waals surface area contributed by atoms with Crippen molar-refractivity contribution in [3.05, 3.63) is 35.9 Å². The van der Waals surface area contributed by atoms with Gasteiger partial charge in [-0.2, -0.15) is 0 Å². The van der Waals surface area contributed by atoms with E-state index in [1.807, 2.05) is 30.3 Å². The lowest BCUT2D eigenvalue weighted by Crippen LogP contribution is -2.44. The average Bonchev–Trinajstić information content (AvgIpc) is 2.38. The van der Waals surface area contributed by atoms with Gasteiger partial charge in [-0.1, -0.05) is 30.3 Å². The quantitative estimate of drug-likeness (QED) is 0.713. The molecule has 5 nitrogen and oxygen atoms in total. The van der Waals surface area contributed by atoms with Gasteiger partial charge in [-0.05, 0) is 19.5 Å². The van der Waals surface area contributed by atoms with Gasteiger partial charge in [-0.15, -0.1) is 0 Å². The van der Waals surface area contributed by atoms with Crippen LogP contribution in [0.3, 0.4) is 0 Å². The number of ether oxygens (including phenoxy) is 1. The zero-order valence-electron chi connectivity index (χ0n) is 11.5. The summed E-state index contributed by atoms with van der Waals surface area (Å²) in [5.41, 5.74) is 6.26. The number of hydrogen-bond donors (Lipinski definition) is 2. The lowest BCUT2D eigenvalue weighted by atomic mass is 10.2. The van der Waals surface area contributed by atoms with E-state index in [0.29, 0.717) is 13.2 Å². The first-order valence-corrected chi connectivity index (χ1v) is 6.30. The molecule has 0 spiro atoms. The molecule has 0 aromatic heterocycles. The summed E-state index contributed by atoms with van der Waals surface area (Å²) >= 11 is 0. The number of carbonyl (C=O) groups excluding carboxylic acids is 1. The maximum absolute atomic E-state index is 11.0. The van der Waals surface area contributed by atoms with E-state index in [9.17, 15) is 9.90 Å². The fraction of sp³-hybridized carbons (Fsp3) is 0.500. The summed E-state index contributed by atoms with van der Waals surface area (Å²) in [6.07, 6.45) is -0.643. The van der Waals surface area contributed by atoms with Crippen molar-refractivity contribution in [2.75, 3.05) is 20.2 Å². The number of primary amides is 1. The summed E-state index contributed by atoms with van der Waals surface area (Å²) in [6, 6.07) is 9.36. The van der Waals surface area contributed by atoms with Gasteiger partial charge in [0.1, 0.15) is 0 Å². The molecular formula is C14H22N2O3. The molecule has 3 N–H and O–H groups in total. The third-order valence-corrected chi connectivity index (χ3v) is 2.99. The lowest BCUT2D eigenvalue weighted by molar-refractivity contribution is -0.122. The number of carbonyl (C=O) groups is 1. The molecule has 1 aromatic carbocycles. The zero-order valence-corrected chi connectivity index (χ0v) is 11.5. The standard InChI is InChI=1S/C14H22N2O3/c1-11(14(15)18)16(2)8-13(17)10-19-9-12-6-4-3-5-7-12/h3-7,11,13,17H,8-10H2,1-2H3,(H2,15,18). The number of aliphatic hydroxyl groups is 1. The highest BCUT2D eigenvalue weighted by Crippen LogP contribution is 2.02. The van der Waals surface area contributed by atoms with Crippen LogP contribution in [-0.2, 0) is 16.1 Å². The van der Waals surface area contributed by atoms with Crippen LogP contribution < -0.4 is 5.73 Å². The number of benzene rings is 1. The number of hydrogen-bond acceptors (Lipinski definition) is 4. The van der Waals surface area contributed by atoms with Gasteiger partial charge in [0.15, 0.2) is 0 Å². The molecule has 106 valence electrons. The second-order valence-electron chi connectivity index (χ2n) is 4.67. The van der Waals surface area contributed by atoms with Gasteiger partial charge in [0.2, 0.25) is 5.91 Å². The van der Waals surface area contributed by atoms with E-state index in [1.54, 1.807) is 18.9 Å². The highest BCUT2D eigenvalue weighted by molar-refractivity contribution is 5.79. The Bertz CT molecular complexity index is 384. The number of likely N-dealkylation sites (N-methyl/N-ethyl adjacent to an activating group) is 1. The average molecular weight is 266 g/mol. The van der Waals surface area contributed by atoms with Gasteiger partial charge in [-0.3, -0.25) is 9.69 Å². The predicted molar refractivity (Wildman–Crippen MR) is 73.4 cm³/mol. The molecule has 0 bridgehead atoms. The number of rotatable bonds is 8. The molecule has 19 heavy (non-hydrogen) atoms. The molecule has 5 heteroatoms. The molecule has 0 radical (unpaired) electrons. The number of aliphatic hydroxyl groups excluding tert-OH is 1. The summed E-state index contributed by atoms with van der Waals surface area (Å²) in [7, 11) is 1.75. The number of nitrogens with two attached hydrogens (primary N) is 1. The van der Waals surface area contributed by atoms with Crippen molar-refractivity contribution < 1.29 is 14.6 Å². The molecule has 0 aliphatic heterocycles. The topological polar surface area (TPSA) is 75.8 Å². The second-order valence-corrected chi connectivity index (χ2v) is 4.67. The molecule has 1 amide bonds. The molecule has 0 saturated heterocycles. The molecule has 2 unspecified atom stereocenters. The van der Waals surface area contributed by atoms with Gasteiger partial charge in [-0.25, -0.2) is 0 Å². The second kappa shape index (κ2) is 7.89. The predicted octanol–water partition coefficient (Wildman–Crippen LogP) is 0.370. The van der Waals surface area contributed by atoms with Crippen LogP contribution >= 0.6 is 0 Å². The molecule has 0 aliphatic carbocycles. The van der Waals surface area contributed by atoms with E-state index < -0.39 is 18.1 Å². The highest BCUT2D eigenvalue weighted by atomic mass is 16.5. The van der Waals surface area contributed by atoms with Crippen molar-refractivity contribution in [3.8, 4) is 0 Å². The largest absolute Gasteiger partial charge is 0.389 e. The first-order chi connectivity index (χ1) is 9.00. The van der Waals surface area contributed by atoms with Gasteiger partial charge in [0.05, 0.1) is 25.4 Å². The summed E-state index contributed by atoms with van der Waals surface area (Å²) in [5.74, 6) is -0.403. The van der Waals surface area contributed by atoms with Crippen molar-refractivity contribution in [2.45, 2.75) is 25.7 Å². The SMILES string of the molecule is CC(C(N)=O)N(C)CC(O)COCc1ccccc1. The maximum Gasteiger partial charge on any atom is 0.234 e.